The molecule has 1 aromatic carbocycles. The van der Waals surface area contributed by atoms with Crippen LogP contribution in [-0.4, -0.2) is 45.2 Å². The lowest BCUT2D eigenvalue weighted by molar-refractivity contribution is 0.354. The van der Waals surface area contributed by atoms with Gasteiger partial charge in [0.1, 0.15) is 0 Å². The molecule has 1 saturated heterocycles. The summed E-state index contributed by atoms with van der Waals surface area (Å²) in [6.45, 7) is 1.92. The zero-order valence-electron chi connectivity index (χ0n) is 11.5. The molecule has 1 aliphatic heterocycles. The van der Waals surface area contributed by atoms with Crippen LogP contribution < -0.4 is 5.73 Å². The second kappa shape index (κ2) is 5.86. The number of halogens is 1. The smallest absolute Gasteiger partial charge is 0.243 e. The molecule has 6 nitrogen and oxygen atoms in total. The molecule has 0 radical (unpaired) electrons. The Kier molecular flexibility index (Phi) is 4.67. The van der Waals surface area contributed by atoms with E-state index in [9.17, 15) is 16.8 Å². The Labute approximate surface area is 133 Å². The van der Waals surface area contributed by atoms with Crippen LogP contribution in [0.4, 0.5) is 5.69 Å². The monoisotopic (exact) mass is 396 g/mol. The highest BCUT2D eigenvalue weighted by Crippen LogP contribution is 2.28. The van der Waals surface area contributed by atoms with E-state index in [0.717, 1.165) is 0 Å². The van der Waals surface area contributed by atoms with Gasteiger partial charge < -0.3 is 5.73 Å². The normalized spacial score (nSPS) is 21.8. The third kappa shape index (κ3) is 3.41. The predicted octanol–water partition coefficient (Wildman–Crippen LogP) is 1.23. The number of nitrogens with two attached hydrogens (primary N) is 1. The number of sulfonamides is 1. The van der Waals surface area contributed by atoms with E-state index in [1.165, 1.54) is 16.4 Å². The van der Waals surface area contributed by atoms with Gasteiger partial charge >= 0.3 is 0 Å². The van der Waals surface area contributed by atoms with Crippen molar-refractivity contribution in [3.8, 4) is 0 Å². The Hall–Kier alpha value is -0.640. The molecule has 2 rings (SSSR count). The number of hydrogen-bond donors (Lipinski definition) is 1. The van der Waals surface area contributed by atoms with E-state index >= 15 is 0 Å². The lowest BCUT2D eigenvalue weighted by Crippen LogP contribution is -2.40. The van der Waals surface area contributed by atoms with Gasteiger partial charge in [0, 0.05) is 22.7 Å². The van der Waals surface area contributed by atoms with Crippen molar-refractivity contribution in [2.45, 2.75) is 24.3 Å². The minimum absolute atomic E-state index is 0.0339. The largest absolute Gasteiger partial charge is 0.398 e. The van der Waals surface area contributed by atoms with Gasteiger partial charge in [-0.15, -0.1) is 0 Å². The second-order valence-electron chi connectivity index (χ2n) is 4.95. The van der Waals surface area contributed by atoms with Crippen molar-refractivity contribution in [2.75, 3.05) is 23.8 Å². The van der Waals surface area contributed by atoms with Gasteiger partial charge in [0.05, 0.1) is 16.4 Å². The highest BCUT2D eigenvalue weighted by molar-refractivity contribution is 9.10. The topological polar surface area (TPSA) is 97.5 Å². The maximum Gasteiger partial charge on any atom is 0.243 e. The average molecular weight is 397 g/mol. The third-order valence-electron chi connectivity index (χ3n) is 3.50. The number of nitrogens with zero attached hydrogens (tertiary/aromatic N) is 1. The highest BCUT2D eigenvalue weighted by Gasteiger charge is 2.37. The van der Waals surface area contributed by atoms with Crippen LogP contribution in [-0.2, 0) is 19.9 Å². The molecule has 1 unspecified atom stereocenters. The van der Waals surface area contributed by atoms with Gasteiger partial charge in [-0.1, -0.05) is 6.92 Å². The van der Waals surface area contributed by atoms with Crippen LogP contribution >= 0.6 is 15.9 Å². The molecule has 0 saturated carbocycles. The zero-order valence-corrected chi connectivity index (χ0v) is 14.7. The molecule has 21 heavy (non-hydrogen) atoms. The molecular formula is C12H17BrN2O4S2. The first-order valence-corrected chi connectivity index (χ1v) is 10.5. The summed E-state index contributed by atoms with van der Waals surface area (Å²) >= 11 is 3.22. The zero-order chi connectivity index (χ0) is 15.8. The van der Waals surface area contributed by atoms with Crippen molar-refractivity contribution >= 4 is 41.5 Å². The van der Waals surface area contributed by atoms with Gasteiger partial charge in [0.25, 0.3) is 0 Å². The summed E-state index contributed by atoms with van der Waals surface area (Å²) in [5, 5.41) is 0. The SMILES string of the molecule is CCN(C1CCS(=O)(=O)C1)S(=O)(=O)c1ccc(Br)c(N)c1. The van der Waals surface area contributed by atoms with Gasteiger partial charge in [-0.25, -0.2) is 16.8 Å². The van der Waals surface area contributed by atoms with Crippen LogP contribution in [0, 0.1) is 0 Å². The van der Waals surface area contributed by atoms with Crippen LogP contribution in [0.3, 0.4) is 0 Å². The summed E-state index contributed by atoms with van der Waals surface area (Å²) in [6.07, 6.45) is 0.335. The van der Waals surface area contributed by atoms with Crippen LogP contribution in [0.15, 0.2) is 27.6 Å². The summed E-state index contributed by atoms with van der Waals surface area (Å²) in [6, 6.07) is 3.91. The quantitative estimate of drug-likeness (QED) is 0.771. The van der Waals surface area contributed by atoms with E-state index in [1.54, 1.807) is 13.0 Å². The standard InChI is InChI=1S/C12H17BrN2O4S2/c1-2-15(9-5-6-20(16,17)8-9)21(18,19)10-3-4-11(13)12(14)7-10/h3-4,7,9H,2,5-6,8,14H2,1H3. The van der Waals surface area contributed by atoms with Crippen molar-refractivity contribution in [2.24, 2.45) is 0 Å². The summed E-state index contributed by atoms with van der Waals surface area (Å²) in [4.78, 5) is 0.0781. The minimum atomic E-state index is -3.76. The Bertz CT molecular complexity index is 747. The summed E-state index contributed by atoms with van der Waals surface area (Å²) in [5.41, 5.74) is 6.05. The van der Waals surface area contributed by atoms with E-state index in [2.05, 4.69) is 15.9 Å². The first-order chi connectivity index (χ1) is 9.67. The maximum absolute atomic E-state index is 12.7. The van der Waals surface area contributed by atoms with Gasteiger partial charge in [-0.2, -0.15) is 4.31 Å². The first kappa shape index (κ1) is 16.7. The van der Waals surface area contributed by atoms with Crippen LogP contribution in [0.1, 0.15) is 13.3 Å². The molecule has 1 aromatic rings. The average Bonchev–Trinajstić information content (AvgIpc) is 2.73. The maximum atomic E-state index is 12.7. The van der Waals surface area contributed by atoms with Gasteiger partial charge in [0.15, 0.2) is 9.84 Å². The lowest BCUT2D eigenvalue weighted by atomic mass is 10.3. The van der Waals surface area contributed by atoms with Crippen molar-refractivity contribution in [1.29, 1.82) is 0 Å². The highest BCUT2D eigenvalue weighted by atomic mass is 79.9. The Morgan fingerprint density at radius 3 is 2.57 bits per heavy atom. The molecule has 9 heteroatoms. The van der Waals surface area contributed by atoms with E-state index < -0.39 is 25.9 Å². The van der Waals surface area contributed by atoms with E-state index in [1.807, 2.05) is 0 Å². The Morgan fingerprint density at radius 1 is 1.43 bits per heavy atom. The summed E-state index contributed by atoms with van der Waals surface area (Å²) in [7, 11) is -6.90. The number of benzene rings is 1. The van der Waals surface area contributed by atoms with Crippen LogP contribution in [0.2, 0.25) is 0 Å². The van der Waals surface area contributed by atoms with Gasteiger partial charge in [-0.05, 0) is 40.5 Å². The molecule has 1 heterocycles. The molecule has 2 N–H and O–H groups in total. The number of nitrogen functional groups attached to an aromatic ring is 1. The van der Waals surface area contributed by atoms with Gasteiger partial charge in [0.2, 0.25) is 10.0 Å². The van der Waals surface area contributed by atoms with E-state index in [4.69, 9.17) is 5.73 Å². The molecule has 118 valence electrons. The first-order valence-electron chi connectivity index (χ1n) is 6.44. The third-order valence-corrected chi connectivity index (χ3v) is 8.00. The van der Waals surface area contributed by atoms with Crippen molar-refractivity contribution in [1.82, 2.24) is 4.31 Å². The lowest BCUT2D eigenvalue weighted by Gasteiger charge is -2.26. The predicted molar refractivity (Wildman–Crippen MR) is 85.2 cm³/mol. The van der Waals surface area contributed by atoms with E-state index in [0.29, 0.717) is 16.6 Å². The summed E-state index contributed by atoms with van der Waals surface area (Å²) in [5.74, 6) is -0.0851. The van der Waals surface area contributed by atoms with Crippen LogP contribution in [0.5, 0.6) is 0 Å². The molecule has 0 amide bonds. The number of anilines is 1. The van der Waals surface area contributed by atoms with Gasteiger partial charge in [-0.3, -0.25) is 0 Å². The van der Waals surface area contributed by atoms with Crippen molar-refractivity contribution in [3.05, 3.63) is 22.7 Å². The van der Waals surface area contributed by atoms with Crippen molar-refractivity contribution in [3.63, 3.8) is 0 Å². The van der Waals surface area contributed by atoms with E-state index in [-0.39, 0.29) is 22.9 Å². The number of sulfone groups is 1. The number of rotatable bonds is 4. The fourth-order valence-electron chi connectivity index (χ4n) is 2.44. The number of hydrogen-bond acceptors (Lipinski definition) is 5. The molecule has 0 aliphatic carbocycles. The molecule has 0 aromatic heterocycles. The molecule has 1 atom stereocenters. The fraction of sp³-hybridized carbons (Fsp3) is 0.500. The minimum Gasteiger partial charge on any atom is -0.398 e. The fourth-order valence-corrected chi connectivity index (χ4v) is 6.22. The second-order valence-corrected chi connectivity index (χ2v) is 9.92. The molecule has 1 fully saturated rings. The Balaban J connectivity index is 2.38. The molecular weight excluding hydrogens is 380 g/mol. The van der Waals surface area contributed by atoms with Crippen molar-refractivity contribution < 1.29 is 16.8 Å². The Morgan fingerprint density at radius 2 is 2.10 bits per heavy atom. The summed E-state index contributed by atoms with van der Waals surface area (Å²) < 4.78 is 50.4. The molecule has 1 aliphatic rings. The van der Waals surface area contributed by atoms with Crippen LogP contribution in [0.25, 0.3) is 0 Å². The molecule has 0 bridgehead atoms. The molecule has 0 spiro atoms.